The lowest BCUT2D eigenvalue weighted by atomic mass is 10.0. The fourth-order valence-corrected chi connectivity index (χ4v) is 2.74. The number of hydrogen-bond acceptors (Lipinski definition) is 6. The second-order valence-corrected chi connectivity index (χ2v) is 5.68. The predicted octanol–water partition coefficient (Wildman–Crippen LogP) is 0.882. The first-order valence-electron chi connectivity index (χ1n) is 7.02. The average Bonchev–Trinajstić information content (AvgIpc) is 3.07. The summed E-state index contributed by atoms with van der Waals surface area (Å²) in [6, 6.07) is 0.172. The Hall–Kier alpha value is -1.12. The maximum absolute atomic E-state index is 5.69. The van der Waals surface area contributed by atoms with Gasteiger partial charge in [0.15, 0.2) is 6.23 Å². The lowest BCUT2D eigenvalue weighted by Crippen LogP contribution is -2.46. The Bertz CT molecular complexity index is 424. The topological polar surface area (TPSA) is 79.0 Å². The van der Waals surface area contributed by atoms with Crippen molar-refractivity contribution >= 4 is 17.2 Å². The minimum Gasteiger partial charge on any atom is -0.349 e. The summed E-state index contributed by atoms with van der Waals surface area (Å²) in [5.74, 6) is 1.11. The Kier molecular flexibility index (Phi) is 5.38. The van der Waals surface area contributed by atoms with E-state index in [0.717, 1.165) is 24.5 Å². The summed E-state index contributed by atoms with van der Waals surface area (Å²) in [6.07, 6.45) is 0.678. The summed E-state index contributed by atoms with van der Waals surface area (Å²) >= 11 is 5.67. The zero-order valence-corrected chi connectivity index (χ0v) is 13.0. The Morgan fingerprint density at radius 3 is 3.00 bits per heavy atom. The molecule has 2 N–H and O–H groups in total. The number of H-pyrrole nitrogens is 1. The van der Waals surface area contributed by atoms with Crippen molar-refractivity contribution in [1.82, 2.24) is 30.8 Å². The van der Waals surface area contributed by atoms with E-state index in [2.05, 4.69) is 51.6 Å². The van der Waals surface area contributed by atoms with E-state index in [9.17, 15) is 0 Å². The highest BCUT2D eigenvalue weighted by Gasteiger charge is 2.34. The van der Waals surface area contributed by atoms with Crippen molar-refractivity contribution in [1.29, 1.82) is 0 Å². The monoisotopic (exact) mass is 298 g/mol. The van der Waals surface area contributed by atoms with Crippen LogP contribution in [0.3, 0.4) is 0 Å². The van der Waals surface area contributed by atoms with E-state index in [0.29, 0.717) is 18.3 Å². The average molecular weight is 298 g/mol. The van der Waals surface area contributed by atoms with Gasteiger partial charge in [0.2, 0.25) is 5.82 Å². The maximum Gasteiger partial charge on any atom is 0.223 e. The molecule has 8 heteroatoms. The van der Waals surface area contributed by atoms with Gasteiger partial charge < -0.3 is 15.0 Å². The molecule has 20 heavy (non-hydrogen) atoms. The Labute approximate surface area is 124 Å². The molecule has 1 aromatic heterocycles. The molecule has 1 saturated heterocycles. The number of hydrogen-bond donors (Lipinski definition) is 2. The molecule has 112 valence electrons. The first-order chi connectivity index (χ1) is 9.63. The lowest BCUT2D eigenvalue weighted by molar-refractivity contribution is 0.0551. The molecule has 0 bridgehead atoms. The molecule has 0 aromatic carbocycles. The summed E-state index contributed by atoms with van der Waals surface area (Å²) < 4.78 is 5.69. The van der Waals surface area contributed by atoms with Gasteiger partial charge >= 0.3 is 0 Å². The van der Waals surface area contributed by atoms with Crippen molar-refractivity contribution in [2.24, 2.45) is 5.92 Å². The van der Waals surface area contributed by atoms with Gasteiger partial charge in [-0.3, -0.25) is 0 Å². The molecular formula is C12H22N6OS. The third kappa shape index (κ3) is 3.50. The van der Waals surface area contributed by atoms with Crippen LogP contribution in [0.25, 0.3) is 0 Å². The lowest BCUT2D eigenvalue weighted by Gasteiger charge is -2.30. The summed E-state index contributed by atoms with van der Waals surface area (Å²) in [5, 5.41) is 17.5. The Morgan fingerprint density at radius 1 is 1.60 bits per heavy atom. The molecule has 0 saturated carbocycles. The third-order valence-electron chi connectivity index (χ3n) is 3.21. The quantitative estimate of drug-likeness (QED) is 0.755. The van der Waals surface area contributed by atoms with Gasteiger partial charge in [0.25, 0.3) is 0 Å². The smallest absolute Gasteiger partial charge is 0.223 e. The van der Waals surface area contributed by atoms with E-state index in [1.54, 1.807) is 0 Å². The standard InChI is InChI=1S/C12H22N6OS/c1-4-13-9(7-8(2)3)12(20)18-5-6-19-11(18)10-14-16-17-15-10/h8-9,11,13H,4-7H2,1-3H3,(H,14,15,16,17). The molecule has 1 aliphatic heterocycles. The van der Waals surface area contributed by atoms with Gasteiger partial charge in [0.05, 0.1) is 17.6 Å². The van der Waals surface area contributed by atoms with Crippen LogP contribution in [-0.2, 0) is 4.74 Å². The van der Waals surface area contributed by atoms with Crippen LogP contribution in [0.2, 0.25) is 0 Å². The summed E-state index contributed by atoms with van der Waals surface area (Å²) in [7, 11) is 0. The molecule has 1 aliphatic rings. The van der Waals surface area contributed by atoms with Crippen LogP contribution in [-0.4, -0.2) is 56.3 Å². The largest absolute Gasteiger partial charge is 0.349 e. The number of aromatic amines is 1. The second-order valence-electron chi connectivity index (χ2n) is 5.26. The maximum atomic E-state index is 5.69. The summed E-state index contributed by atoms with van der Waals surface area (Å²) in [5.41, 5.74) is 0. The van der Waals surface area contributed by atoms with Gasteiger partial charge in [0.1, 0.15) is 0 Å². The van der Waals surface area contributed by atoms with Crippen molar-refractivity contribution in [3.63, 3.8) is 0 Å². The summed E-state index contributed by atoms with van der Waals surface area (Å²) in [6.45, 7) is 8.76. The van der Waals surface area contributed by atoms with Gasteiger partial charge in [-0.2, -0.15) is 5.21 Å². The number of nitrogens with one attached hydrogen (secondary N) is 2. The first-order valence-corrected chi connectivity index (χ1v) is 7.43. The van der Waals surface area contributed by atoms with Gasteiger partial charge in [-0.25, -0.2) is 0 Å². The van der Waals surface area contributed by atoms with Crippen molar-refractivity contribution in [3.8, 4) is 0 Å². The van der Waals surface area contributed by atoms with Gasteiger partial charge in [0, 0.05) is 6.54 Å². The molecule has 0 aliphatic carbocycles. The number of ether oxygens (including phenoxy) is 1. The molecule has 7 nitrogen and oxygen atoms in total. The number of likely N-dealkylation sites (N-methyl/N-ethyl adjacent to an activating group) is 1. The number of tetrazole rings is 1. The Morgan fingerprint density at radius 2 is 2.40 bits per heavy atom. The fraction of sp³-hybridized carbons (Fsp3) is 0.833. The van der Waals surface area contributed by atoms with Crippen LogP contribution in [0, 0.1) is 5.92 Å². The highest BCUT2D eigenvalue weighted by atomic mass is 32.1. The van der Waals surface area contributed by atoms with E-state index in [1.807, 2.05) is 0 Å². The highest BCUT2D eigenvalue weighted by Crippen LogP contribution is 2.25. The number of thiocarbonyl (C=S) groups is 1. The minimum atomic E-state index is -0.324. The third-order valence-corrected chi connectivity index (χ3v) is 3.73. The van der Waals surface area contributed by atoms with E-state index in [4.69, 9.17) is 17.0 Å². The van der Waals surface area contributed by atoms with Crippen molar-refractivity contribution in [3.05, 3.63) is 5.82 Å². The molecule has 0 radical (unpaired) electrons. The normalized spacial score (nSPS) is 20.6. The van der Waals surface area contributed by atoms with Crippen LogP contribution < -0.4 is 5.32 Å². The SMILES string of the molecule is CCNC(CC(C)C)C(=S)N1CCOC1c1nn[nH]n1. The molecule has 0 amide bonds. The van der Waals surface area contributed by atoms with Crippen LogP contribution in [0.15, 0.2) is 0 Å². The van der Waals surface area contributed by atoms with Gasteiger partial charge in [-0.1, -0.05) is 33.0 Å². The summed E-state index contributed by atoms with van der Waals surface area (Å²) in [4.78, 5) is 2.92. The van der Waals surface area contributed by atoms with Crippen LogP contribution >= 0.6 is 12.2 Å². The molecule has 2 heterocycles. The van der Waals surface area contributed by atoms with Crippen molar-refractivity contribution in [2.75, 3.05) is 19.7 Å². The number of aromatic nitrogens is 4. The van der Waals surface area contributed by atoms with Crippen LogP contribution in [0.5, 0.6) is 0 Å². The molecule has 1 aromatic rings. The number of rotatable bonds is 6. The van der Waals surface area contributed by atoms with Crippen LogP contribution in [0.4, 0.5) is 0 Å². The molecular weight excluding hydrogens is 276 g/mol. The van der Waals surface area contributed by atoms with Crippen molar-refractivity contribution < 1.29 is 4.74 Å². The highest BCUT2D eigenvalue weighted by molar-refractivity contribution is 7.80. The molecule has 0 spiro atoms. The van der Waals surface area contributed by atoms with E-state index in [1.165, 1.54) is 0 Å². The zero-order chi connectivity index (χ0) is 14.5. The van der Waals surface area contributed by atoms with Crippen LogP contribution in [0.1, 0.15) is 39.2 Å². The predicted molar refractivity (Wildman–Crippen MR) is 79.1 cm³/mol. The van der Waals surface area contributed by atoms with Crippen molar-refractivity contribution in [2.45, 2.75) is 39.5 Å². The minimum absolute atomic E-state index is 0.172. The number of nitrogens with zero attached hydrogens (tertiary/aromatic N) is 4. The zero-order valence-electron chi connectivity index (χ0n) is 12.2. The van der Waals surface area contributed by atoms with Gasteiger partial charge in [-0.05, 0) is 24.1 Å². The molecule has 1 fully saturated rings. The molecule has 2 unspecified atom stereocenters. The second kappa shape index (κ2) is 7.05. The Balaban J connectivity index is 2.09. The van der Waals surface area contributed by atoms with E-state index >= 15 is 0 Å². The molecule has 2 atom stereocenters. The van der Waals surface area contributed by atoms with E-state index < -0.39 is 0 Å². The first kappa shape index (κ1) is 15.3. The molecule has 2 rings (SSSR count). The fourth-order valence-electron chi connectivity index (χ4n) is 2.37. The van der Waals surface area contributed by atoms with E-state index in [-0.39, 0.29) is 12.3 Å². The van der Waals surface area contributed by atoms with Gasteiger partial charge in [-0.15, -0.1) is 10.2 Å².